The Labute approximate surface area is 146 Å². The van der Waals surface area contributed by atoms with Crippen molar-refractivity contribution in [2.24, 2.45) is 5.41 Å². The first-order valence-corrected chi connectivity index (χ1v) is 7.14. The Balaban J connectivity index is 4.32. The highest BCUT2D eigenvalue weighted by Crippen LogP contribution is 2.72. The smallest absolute Gasteiger partial charge is 0.222 e. The normalized spacial score (nSPS) is 20.6. The molecule has 0 bridgehead atoms. The zero-order chi connectivity index (χ0) is 22.6. The lowest BCUT2D eigenvalue weighted by atomic mass is 9.59. The SMILES string of the molecule is FC(F)(F)C(F)(F)C(C1=CCCCC1)(C(F)(F)F)C(F)(C(F)(F)F)C(F)(F)F. The van der Waals surface area contributed by atoms with Crippen molar-refractivity contribution < 1.29 is 65.9 Å². The first-order valence-electron chi connectivity index (χ1n) is 7.14. The molecule has 0 amide bonds. The molecule has 28 heavy (non-hydrogen) atoms. The van der Waals surface area contributed by atoms with E-state index in [1.807, 2.05) is 0 Å². The second kappa shape index (κ2) is 6.61. The lowest BCUT2D eigenvalue weighted by Crippen LogP contribution is -2.77. The highest BCUT2D eigenvalue weighted by atomic mass is 19.4. The molecular weight excluding hydrogens is 441 g/mol. The second-order valence-corrected chi connectivity index (χ2v) is 5.95. The summed E-state index contributed by atoms with van der Waals surface area (Å²) in [5.74, 6) is -7.82. The standard InChI is InChI=1S/C13H9F15/c14-8(11(20,21)22,12(23,24)25)7(10(17,18)19,6-4-2-1-3-5-6)9(15,16)13(26,27)28/h4H,1-3,5H2. The highest BCUT2D eigenvalue weighted by Gasteiger charge is 2.97. The molecule has 0 aromatic carbocycles. The van der Waals surface area contributed by atoms with Crippen molar-refractivity contribution in [1.82, 2.24) is 0 Å². The largest absolute Gasteiger partial charge is 0.454 e. The Morgan fingerprint density at radius 3 is 1.21 bits per heavy atom. The minimum Gasteiger partial charge on any atom is -0.222 e. The van der Waals surface area contributed by atoms with Crippen molar-refractivity contribution in [2.75, 3.05) is 0 Å². The maximum atomic E-state index is 14.4. The molecular formula is C13H9F15. The average molecular weight is 450 g/mol. The second-order valence-electron chi connectivity index (χ2n) is 5.95. The van der Waals surface area contributed by atoms with Gasteiger partial charge in [0.2, 0.25) is 5.41 Å². The van der Waals surface area contributed by atoms with Crippen molar-refractivity contribution in [3.05, 3.63) is 11.6 Å². The van der Waals surface area contributed by atoms with Crippen LogP contribution >= 0.6 is 0 Å². The van der Waals surface area contributed by atoms with Crippen LogP contribution in [0.2, 0.25) is 0 Å². The summed E-state index contributed by atoms with van der Waals surface area (Å²) >= 11 is 0. The topological polar surface area (TPSA) is 0 Å². The molecule has 0 saturated carbocycles. The summed E-state index contributed by atoms with van der Waals surface area (Å²) in [6.45, 7) is 0. The van der Waals surface area contributed by atoms with Gasteiger partial charge >= 0.3 is 36.3 Å². The van der Waals surface area contributed by atoms with Crippen LogP contribution in [-0.2, 0) is 0 Å². The van der Waals surface area contributed by atoms with Crippen molar-refractivity contribution >= 4 is 0 Å². The van der Waals surface area contributed by atoms with Crippen molar-refractivity contribution in [3.8, 4) is 0 Å². The van der Waals surface area contributed by atoms with Crippen LogP contribution in [0.15, 0.2) is 11.6 Å². The van der Waals surface area contributed by atoms with Crippen LogP contribution in [0.5, 0.6) is 0 Å². The lowest BCUT2D eigenvalue weighted by molar-refractivity contribution is -0.467. The molecule has 0 nitrogen and oxygen atoms in total. The summed E-state index contributed by atoms with van der Waals surface area (Å²) in [6.07, 6.45) is -34.7. The zero-order valence-corrected chi connectivity index (χ0v) is 13.1. The molecule has 0 aromatic heterocycles. The van der Waals surface area contributed by atoms with Gasteiger partial charge in [-0.2, -0.15) is 61.5 Å². The Bertz CT molecular complexity index is 585. The van der Waals surface area contributed by atoms with Gasteiger partial charge in [-0.05, 0) is 31.3 Å². The average Bonchev–Trinajstić information content (AvgIpc) is 2.43. The van der Waals surface area contributed by atoms with Crippen LogP contribution in [0.1, 0.15) is 25.7 Å². The molecule has 0 fully saturated rings. The molecule has 0 saturated heterocycles. The maximum Gasteiger partial charge on any atom is 0.454 e. The summed E-state index contributed by atoms with van der Waals surface area (Å²) in [5.41, 5.74) is -18.0. The molecule has 166 valence electrons. The van der Waals surface area contributed by atoms with E-state index in [0.29, 0.717) is 0 Å². The zero-order valence-electron chi connectivity index (χ0n) is 13.1. The van der Waals surface area contributed by atoms with Crippen LogP contribution in [0.4, 0.5) is 65.9 Å². The van der Waals surface area contributed by atoms with E-state index in [9.17, 15) is 65.9 Å². The molecule has 0 heterocycles. The first-order chi connectivity index (χ1) is 12.1. The molecule has 0 radical (unpaired) electrons. The van der Waals surface area contributed by atoms with Crippen LogP contribution in [0.3, 0.4) is 0 Å². The minimum atomic E-state index is -7.99. The van der Waals surface area contributed by atoms with E-state index in [-0.39, 0.29) is 12.5 Å². The lowest BCUT2D eigenvalue weighted by Gasteiger charge is -2.52. The van der Waals surface area contributed by atoms with Gasteiger partial charge in [0.1, 0.15) is 0 Å². The van der Waals surface area contributed by atoms with Crippen LogP contribution < -0.4 is 0 Å². The number of hydrogen-bond acceptors (Lipinski definition) is 0. The van der Waals surface area contributed by atoms with E-state index in [2.05, 4.69) is 0 Å². The van der Waals surface area contributed by atoms with Gasteiger partial charge in [0.05, 0.1) is 0 Å². The summed E-state index contributed by atoms with van der Waals surface area (Å²) in [4.78, 5) is 0. The summed E-state index contributed by atoms with van der Waals surface area (Å²) < 4.78 is 199. The molecule has 0 spiro atoms. The van der Waals surface area contributed by atoms with E-state index in [1.165, 1.54) is 0 Å². The van der Waals surface area contributed by atoms with Crippen molar-refractivity contribution in [1.29, 1.82) is 0 Å². The Hall–Kier alpha value is -1.31. The van der Waals surface area contributed by atoms with Crippen LogP contribution in [0, 0.1) is 5.41 Å². The van der Waals surface area contributed by atoms with E-state index < -0.39 is 66.5 Å². The number of alkyl halides is 15. The Morgan fingerprint density at radius 1 is 0.536 bits per heavy atom. The molecule has 1 unspecified atom stereocenters. The molecule has 1 atom stereocenters. The highest BCUT2D eigenvalue weighted by molar-refractivity contribution is 5.34. The molecule has 0 aliphatic heterocycles. The van der Waals surface area contributed by atoms with Gasteiger partial charge in [0.25, 0.3) is 0 Å². The van der Waals surface area contributed by atoms with E-state index in [4.69, 9.17) is 0 Å². The summed E-state index contributed by atoms with van der Waals surface area (Å²) in [7, 11) is 0. The maximum absolute atomic E-state index is 14.4. The van der Waals surface area contributed by atoms with Crippen LogP contribution in [0.25, 0.3) is 0 Å². The van der Waals surface area contributed by atoms with Crippen molar-refractivity contribution in [2.45, 2.75) is 62.0 Å². The van der Waals surface area contributed by atoms with Gasteiger partial charge in [0, 0.05) is 0 Å². The van der Waals surface area contributed by atoms with E-state index in [0.717, 1.165) is 0 Å². The third-order valence-electron chi connectivity index (χ3n) is 4.32. The summed E-state index contributed by atoms with van der Waals surface area (Å²) in [5, 5.41) is 0. The molecule has 0 aromatic rings. The Morgan fingerprint density at radius 2 is 0.964 bits per heavy atom. The summed E-state index contributed by atoms with van der Waals surface area (Å²) in [6, 6.07) is 0. The fraction of sp³-hybridized carbons (Fsp3) is 0.846. The molecule has 0 N–H and O–H groups in total. The Kier molecular flexibility index (Phi) is 5.83. The van der Waals surface area contributed by atoms with E-state index >= 15 is 0 Å². The first kappa shape index (κ1) is 24.7. The van der Waals surface area contributed by atoms with Gasteiger partial charge in [-0.3, -0.25) is 0 Å². The third-order valence-corrected chi connectivity index (χ3v) is 4.32. The molecule has 15 heteroatoms. The van der Waals surface area contributed by atoms with Gasteiger partial charge in [-0.15, -0.1) is 0 Å². The van der Waals surface area contributed by atoms with Gasteiger partial charge in [0.15, 0.2) is 0 Å². The predicted octanol–water partition coefficient (Wildman–Crippen LogP) is 7.07. The number of hydrogen-bond donors (Lipinski definition) is 0. The van der Waals surface area contributed by atoms with E-state index in [1.54, 1.807) is 0 Å². The molecule has 1 aliphatic carbocycles. The van der Waals surface area contributed by atoms with Gasteiger partial charge in [-0.1, -0.05) is 6.08 Å². The predicted molar refractivity (Wildman–Crippen MR) is 62.0 cm³/mol. The van der Waals surface area contributed by atoms with Gasteiger partial charge in [-0.25, -0.2) is 4.39 Å². The number of allylic oxidation sites excluding steroid dienone is 2. The fourth-order valence-electron chi connectivity index (χ4n) is 3.17. The number of halogens is 15. The van der Waals surface area contributed by atoms with Crippen LogP contribution in [-0.4, -0.2) is 36.3 Å². The monoisotopic (exact) mass is 450 g/mol. The third kappa shape index (κ3) is 3.12. The number of rotatable bonds is 3. The quantitative estimate of drug-likeness (QED) is 0.319. The van der Waals surface area contributed by atoms with Gasteiger partial charge < -0.3 is 0 Å². The molecule has 1 aliphatic rings. The van der Waals surface area contributed by atoms with Crippen molar-refractivity contribution in [3.63, 3.8) is 0 Å². The minimum absolute atomic E-state index is 0.230. The fourth-order valence-corrected chi connectivity index (χ4v) is 3.17. The molecule has 1 rings (SSSR count).